The fourth-order valence-electron chi connectivity index (χ4n) is 5.96. The van der Waals surface area contributed by atoms with E-state index < -0.39 is 5.97 Å². The van der Waals surface area contributed by atoms with Crippen molar-refractivity contribution in [2.75, 3.05) is 0 Å². The lowest BCUT2D eigenvalue weighted by Gasteiger charge is -2.38. The maximum absolute atomic E-state index is 13.5. The number of rotatable bonds is 4. The Hall–Kier alpha value is -2.01. The SMILES string of the molecule is Cc1c(C(=O)O[C@H]2C[C@H]3CC[C@]2(C)C3(C)C)nn(-c2ccc(Cl)cc2Cl)c1-c1ccc(Cl)cc1. The number of hydrogen-bond donors (Lipinski definition) is 0. The molecule has 0 N–H and O–H groups in total. The molecule has 34 heavy (non-hydrogen) atoms. The lowest BCUT2D eigenvalue weighted by atomic mass is 9.70. The van der Waals surface area contributed by atoms with Gasteiger partial charge < -0.3 is 4.74 Å². The largest absolute Gasteiger partial charge is 0.457 e. The fourth-order valence-corrected chi connectivity index (χ4v) is 6.57. The molecule has 2 saturated carbocycles. The number of ether oxygens (including phenoxy) is 1. The van der Waals surface area contributed by atoms with Gasteiger partial charge in [-0.15, -0.1) is 0 Å². The molecule has 0 amide bonds. The summed E-state index contributed by atoms with van der Waals surface area (Å²) in [5.74, 6) is 0.178. The van der Waals surface area contributed by atoms with Crippen molar-refractivity contribution >= 4 is 40.8 Å². The highest BCUT2D eigenvalue weighted by Crippen LogP contribution is 2.66. The van der Waals surface area contributed by atoms with Crippen LogP contribution in [-0.2, 0) is 4.74 Å². The van der Waals surface area contributed by atoms with Crippen LogP contribution >= 0.6 is 34.8 Å². The van der Waals surface area contributed by atoms with Gasteiger partial charge in [-0.2, -0.15) is 5.10 Å². The number of esters is 1. The minimum absolute atomic E-state index is 0.0255. The zero-order chi connectivity index (χ0) is 24.4. The molecule has 0 radical (unpaired) electrons. The first kappa shape index (κ1) is 23.7. The van der Waals surface area contributed by atoms with Crippen LogP contribution in [0.4, 0.5) is 0 Å². The molecule has 178 valence electrons. The number of carbonyl (C=O) groups excluding carboxylic acids is 1. The lowest BCUT2D eigenvalue weighted by Crippen LogP contribution is -2.38. The number of fused-ring (bicyclic) bond motifs is 2. The molecular weight excluding hydrogens is 491 g/mol. The highest BCUT2D eigenvalue weighted by atomic mass is 35.5. The van der Waals surface area contributed by atoms with Crippen molar-refractivity contribution < 1.29 is 9.53 Å². The minimum Gasteiger partial charge on any atom is -0.457 e. The second-order valence-corrected chi connectivity index (χ2v) is 11.6. The summed E-state index contributed by atoms with van der Waals surface area (Å²) in [5, 5.41) is 6.31. The van der Waals surface area contributed by atoms with E-state index in [0.29, 0.717) is 32.4 Å². The Labute approximate surface area is 215 Å². The predicted octanol–water partition coefficient (Wildman–Crippen LogP) is 8.18. The van der Waals surface area contributed by atoms with E-state index in [1.165, 1.54) is 6.42 Å². The molecule has 2 aromatic carbocycles. The molecule has 2 fully saturated rings. The molecule has 5 rings (SSSR count). The molecule has 1 aromatic heterocycles. The van der Waals surface area contributed by atoms with Gasteiger partial charge in [-0.3, -0.25) is 0 Å². The van der Waals surface area contributed by atoms with Crippen molar-refractivity contribution in [3.05, 3.63) is 68.8 Å². The quantitative estimate of drug-likeness (QED) is 0.328. The first-order valence-corrected chi connectivity index (χ1v) is 12.7. The molecule has 0 unspecified atom stereocenters. The molecule has 0 saturated heterocycles. The molecule has 2 aliphatic rings. The van der Waals surface area contributed by atoms with E-state index in [0.717, 1.165) is 29.7 Å². The van der Waals surface area contributed by atoms with Crippen LogP contribution in [-0.4, -0.2) is 21.9 Å². The zero-order valence-electron chi connectivity index (χ0n) is 19.7. The average Bonchev–Trinajstić information content (AvgIpc) is 3.29. The van der Waals surface area contributed by atoms with Crippen LogP contribution in [0.25, 0.3) is 16.9 Å². The molecule has 1 heterocycles. The monoisotopic (exact) mass is 516 g/mol. The third kappa shape index (κ3) is 3.57. The maximum atomic E-state index is 13.5. The molecule has 3 aromatic rings. The predicted molar refractivity (Wildman–Crippen MR) is 137 cm³/mol. The molecular formula is C27H27Cl3N2O2. The van der Waals surface area contributed by atoms with E-state index >= 15 is 0 Å². The van der Waals surface area contributed by atoms with Gasteiger partial charge in [0.15, 0.2) is 5.69 Å². The lowest BCUT2D eigenvalue weighted by molar-refractivity contribution is -0.0248. The van der Waals surface area contributed by atoms with E-state index in [1.54, 1.807) is 22.9 Å². The normalized spacial score (nSPS) is 25.0. The van der Waals surface area contributed by atoms with Crippen molar-refractivity contribution in [1.82, 2.24) is 9.78 Å². The van der Waals surface area contributed by atoms with Gasteiger partial charge in [0.2, 0.25) is 0 Å². The van der Waals surface area contributed by atoms with E-state index in [4.69, 9.17) is 44.6 Å². The van der Waals surface area contributed by atoms with Crippen molar-refractivity contribution in [2.45, 2.75) is 53.1 Å². The Morgan fingerprint density at radius 3 is 2.32 bits per heavy atom. The maximum Gasteiger partial charge on any atom is 0.359 e. The molecule has 2 bridgehead atoms. The summed E-state index contributed by atoms with van der Waals surface area (Å²) in [7, 11) is 0. The van der Waals surface area contributed by atoms with Crippen molar-refractivity contribution in [3.8, 4) is 16.9 Å². The smallest absolute Gasteiger partial charge is 0.359 e. The summed E-state index contributed by atoms with van der Waals surface area (Å²) >= 11 is 18.8. The first-order valence-electron chi connectivity index (χ1n) is 11.5. The molecule has 4 nitrogen and oxygen atoms in total. The number of benzene rings is 2. The Bertz CT molecular complexity index is 1280. The third-order valence-electron chi connectivity index (χ3n) is 8.53. The van der Waals surface area contributed by atoms with E-state index in [9.17, 15) is 4.79 Å². The molecule has 2 aliphatic carbocycles. The van der Waals surface area contributed by atoms with Gasteiger partial charge in [0, 0.05) is 26.6 Å². The van der Waals surface area contributed by atoms with Gasteiger partial charge in [0.05, 0.1) is 16.4 Å². The summed E-state index contributed by atoms with van der Waals surface area (Å²) in [5.41, 5.74) is 3.40. The van der Waals surface area contributed by atoms with E-state index in [2.05, 4.69) is 20.8 Å². The van der Waals surface area contributed by atoms with Crippen LogP contribution in [0.15, 0.2) is 42.5 Å². The van der Waals surface area contributed by atoms with Crippen LogP contribution in [0.5, 0.6) is 0 Å². The van der Waals surface area contributed by atoms with Crippen molar-refractivity contribution in [2.24, 2.45) is 16.7 Å². The summed E-state index contributed by atoms with van der Waals surface area (Å²) in [6.45, 7) is 8.76. The van der Waals surface area contributed by atoms with Crippen LogP contribution in [0, 0.1) is 23.7 Å². The summed E-state index contributed by atoms with van der Waals surface area (Å²) < 4.78 is 7.86. The standard InChI is InChI=1S/C27H27Cl3N2O2/c1-15-23(25(33)34-22-13-17-11-12-27(22,4)26(17,2)3)31-32(21-10-9-19(29)14-20(21)30)24(15)16-5-7-18(28)8-6-16/h5-10,14,17,22H,11-13H2,1-4H3/t17-,22+,27+/m1/s1. The number of nitrogens with zero attached hydrogens (tertiary/aromatic N) is 2. The van der Waals surface area contributed by atoms with Crippen molar-refractivity contribution in [1.29, 1.82) is 0 Å². The van der Waals surface area contributed by atoms with E-state index in [-0.39, 0.29) is 16.9 Å². The number of aromatic nitrogens is 2. The third-order valence-corrected chi connectivity index (χ3v) is 9.32. The number of carbonyl (C=O) groups is 1. The van der Waals surface area contributed by atoms with Gasteiger partial charge >= 0.3 is 5.97 Å². The Morgan fingerprint density at radius 1 is 1.06 bits per heavy atom. The van der Waals surface area contributed by atoms with Gasteiger partial charge in [0.1, 0.15) is 6.10 Å². The van der Waals surface area contributed by atoms with Crippen molar-refractivity contribution in [3.63, 3.8) is 0 Å². The van der Waals surface area contributed by atoms with Gasteiger partial charge in [-0.05, 0) is 67.9 Å². The second-order valence-electron chi connectivity index (χ2n) is 10.3. The van der Waals surface area contributed by atoms with Gasteiger partial charge in [-0.1, -0.05) is 67.7 Å². The number of halogens is 3. The second kappa shape index (κ2) is 8.29. The Kier molecular flexibility index (Phi) is 5.78. The molecule has 0 spiro atoms. The Balaban J connectivity index is 1.57. The average molecular weight is 518 g/mol. The highest BCUT2D eigenvalue weighted by molar-refractivity contribution is 6.35. The highest BCUT2D eigenvalue weighted by Gasteiger charge is 2.63. The fraction of sp³-hybridized carbons (Fsp3) is 0.407. The summed E-state index contributed by atoms with van der Waals surface area (Å²) in [4.78, 5) is 13.5. The van der Waals surface area contributed by atoms with Crippen LogP contribution in [0.1, 0.15) is 56.1 Å². The summed E-state index contributed by atoms with van der Waals surface area (Å²) in [6, 6.07) is 12.6. The Morgan fingerprint density at radius 2 is 1.74 bits per heavy atom. The van der Waals surface area contributed by atoms with Crippen LogP contribution < -0.4 is 0 Å². The van der Waals surface area contributed by atoms with Crippen LogP contribution in [0.3, 0.4) is 0 Å². The van der Waals surface area contributed by atoms with Crippen LogP contribution in [0.2, 0.25) is 15.1 Å². The minimum atomic E-state index is -0.397. The molecule has 7 heteroatoms. The zero-order valence-corrected chi connectivity index (χ0v) is 21.9. The summed E-state index contributed by atoms with van der Waals surface area (Å²) in [6.07, 6.45) is 3.06. The topological polar surface area (TPSA) is 44.1 Å². The number of hydrogen-bond acceptors (Lipinski definition) is 3. The molecule has 3 atom stereocenters. The van der Waals surface area contributed by atoms with Gasteiger partial charge in [-0.25, -0.2) is 9.48 Å². The van der Waals surface area contributed by atoms with Gasteiger partial charge in [0.25, 0.3) is 0 Å². The first-order chi connectivity index (χ1) is 16.0. The molecule has 0 aliphatic heterocycles. The van der Waals surface area contributed by atoms with E-state index in [1.807, 2.05) is 31.2 Å².